The molecule has 3 atom stereocenters. The molecule has 0 aromatic rings. The number of hydrogen-bond donors (Lipinski definition) is 2. The average Bonchev–Trinajstić information content (AvgIpc) is 3.41. The van der Waals surface area contributed by atoms with E-state index in [1.807, 2.05) is 0 Å². The second kappa shape index (κ2) is 58.8. The van der Waals surface area contributed by atoms with Gasteiger partial charge in [-0.15, -0.1) is 0 Å². The lowest BCUT2D eigenvalue weighted by molar-refractivity contribution is -0.161. The molecule has 446 valence electrons. The Kier molecular flexibility index (Phi) is 57.1. The van der Waals surface area contributed by atoms with E-state index in [1.54, 1.807) is 0 Å². The van der Waals surface area contributed by atoms with Gasteiger partial charge >= 0.3 is 25.7 Å². The van der Waals surface area contributed by atoms with E-state index >= 15 is 0 Å². The third-order valence-electron chi connectivity index (χ3n) is 14.0. The van der Waals surface area contributed by atoms with Crippen LogP contribution in [0, 0.1) is 0 Å². The van der Waals surface area contributed by atoms with Gasteiger partial charge in [0.15, 0.2) is 6.10 Å². The number of esters is 3. The molecule has 0 saturated heterocycles. The van der Waals surface area contributed by atoms with Crippen LogP contribution in [0.25, 0.3) is 0 Å². The van der Waals surface area contributed by atoms with Crippen molar-refractivity contribution in [1.82, 2.24) is 0 Å². The van der Waals surface area contributed by atoms with Crippen LogP contribution in [0.2, 0.25) is 0 Å². The molecule has 0 aliphatic carbocycles. The molecule has 0 aliphatic heterocycles. The largest absolute Gasteiger partial charge is 0.472 e. The lowest BCUT2D eigenvalue weighted by Crippen LogP contribution is -2.30. The fourth-order valence-electron chi connectivity index (χ4n) is 9.11. The Balaban J connectivity index is 4.68. The maximum atomic E-state index is 12.9. The van der Waals surface area contributed by atoms with Gasteiger partial charge in [0.1, 0.15) is 12.7 Å². The summed E-state index contributed by atoms with van der Waals surface area (Å²) in [5, 5.41) is 9.85. The van der Waals surface area contributed by atoms with E-state index in [4.69, 9.17) is 23.3 Å². The molecule has 76 heavy (non-hydrogen) atoms. The molecule has 12 heteroatoms. The van der Waals surface area contributed by atoms with E-state index in [1.165, 1.54) is 167 Å². The highest BCUT2D eigenvalue weighted by Gasteiger charge is 2.28. The van der Waals surface area contributed by atoms with Gasteiger partial charge in [-0.1, -0.05) is 237 Å². The van der Waals surface area contributed by atoms with Crippen LogP contribution in [-0.2, 0) is 42.2 Å². The van der Waals surface area contributed by atoms with Crippen molar-refractivity contribution in [3.63, 3.8) is 0 Å². The minimum atomic E-state index is -4.75. The number of carbonyl (C=O) groups is 3. The first kappa shape index (κ1) is 73.7. The monoisotopic (exact) mass is 1090 g/mol. The normalized spacial score (nSPS) is 13.5. The number of phosphoric ester groups is 1. The Morgan fingerprint density at radius 3 is 0.908 bits per heavy atom. The summed E-state index contributed by atoms with van der Waals surface area (Å²) in [4.78, 5) is 48.7. The van der Waals surface area contributed by atoms with Gasteiger partial charge in [0.2, 0.25) is 0 Å². The Morgan fingerprint density at radius 2 is 0.605 bits per heavy atom. The van der Waals surface area contributed by atoms with Gasteiger partial charge in [0, 0.05) is 19.3 Å². The molecule has 0 saturated carbocycles. The first-order valence-electron chi connectivity index (χ1n) is 31.9. The van der Waals surface area contributed by atoms with Crippen molar-refractivity contribution in [1.29, 1.82) is 0 Å². The van der Waals surface area contributed by atoms with Gasteiger partial charge < -0.3 is 24.2 Å². The maximum Gasteiger partial charge on any atom is 0.472 e. The SMILES string of the molecule is CCCCCCCC/C=C\CCCCCCCCCC(=O)OC(CO)COP(=O)(O)OCC(COC(=O)CCCCCCC/C=C\CCCCCCCC)OC(=O)CCCCCCCCC/C=C\CCCCCCCC. The number of ether oxygens (including phenoxy) is 3. The number of rotatable bonds is 60. The minimum absolute atomic E-state index is 0.164. The highest BCUT2D eigenvalue weighted by molar-refractivity contribution is 7.47. The second-order valence-corrected chi connectivity index (χ2v) is 23.0. The maximum absolute atomic E-state index is 12.9. The number of aliphatic hydroxyl groups excluding tert-OH is 1. The van der Waals surface area contributed by atoms with Crippen LogP contribution in [-0.4, -0.2) is 66.5 Å². The minimum Gasteiger partial charge on any atom is -0.462 e. The van der Waals surface area contributed by atoms with E-state index in [0.717, 1.165) is 89.9 Å². The summed E-state index contributed by atoms with van der Waals surface area (Å²) in [6.45, 7) is 4.67. The van der Waals surface area contributed by atoms with Crippen LogP contribution >= 0.6 is 7.82 Å². The number of unbranched alkanes of at least 4 members (excludes halogenated alkanes) is 37. The smallest absolute Gasteiger partial charge is 0.462 e. The lowest BCUT2D eigenvalue weighted by atomic mass is 10.1. The molecule has 0 amide bonds. The van der Waals surface area contributed by atoms with Gasteiger partial charge in [-0.3, -0.25) is 23.4 Å². The number of hydrogen-bond acceptors (Lipinski definition) is 10. The van der Waals surface area contributed by atoms with Crippen LogP contribution in [0.3, 0.4) is 0 Å². The molecule has 0 aliphatic rings. The molecular formula is C64H119O11P. The van der Waals surface area contributed by atoms with E-state index < -0.39 is 57.8 Å². The van der Waals surface area contributed by atoms with Crippen molar-refractivity contribution in [2.75, 3.05) is 26.4 Å². The molecule has 3 unspecified atom stereocenters. The van der Waals surface area contributed by atoms with Gasteiger partial charge in [0.05, 0.1) is 19.8 Å². The quantitative estimate of drug-likeness (QED) is 0.0197. The molecule has 0 fully saturated rings. The van der Waals surface area contributed by atoms with Crippen molar-refractivity contribution in [3.8, 4) is 0 Å². The van der Waals surface area contributed by atoms with Crippen molar-refractivity contribution in [2.24, 2.45) is 0 Å². The van der Waals surface area contributed by atoms with E-state index in [2.05, 4.69) is 57.2 Å². The molecule has 0 bridgehead atoms. The van der Waals surface area contributed by atoms with Gasteiger partial charge in [0.25, 0.3) is 0 Å². The second-order valence-electron chi connectivity index (χ2n) is 21.6. The number of aliphatic hydroxyl groups is 1. The molecule has 0 aromatic heterocycles. The summed E-state index contributed by atoms with van der Waals surface area (Å²) in [6, 6.07) is 0. The number of phosphoric acid groups is 1. The fourth-order valence-corrected chi connectivity index (χ4v) is 9.89. The Morgan fingerprint density at radius 1 is 0.355 bits per heavy atom. The summed E-state index contributed by atoms with van der Waals surface area (Å²) >= 11 is 0. The molecule has 0 heterocycles. The topological polar surface area (TPSA) is 155 Å². The van der Waals surface area contributed by atoms with E-state index in [-0.39, 0.29) is 25.9 Å². The molecule has 11 nitrogen and oxygen atoms in total. The summed E-state index contributed by atoms with van der Waals surface area (Å²) < 4.78 is 39.7. The third-order valence-corrected chi connectivity index (χ3v) is 15.0. The molecule has 0 radical (unpaired) electrons. The highest BCUT2D eigenvalue weighted by atomic mass is 31.2. The molecule has 0 aromatic carbocycles. The highest BCUT2D eigenvalue weighted by Crippen LogP contribution is 2.43. The van der Waals surface area contributed by atoms with E-state index in [0.29, 0.717) is 19.3 Å². The number of carbonyl (C=O) groups excluding carboxylic acids is 3. The zero-order chi connectivity index (χ0) is 55.5. The van der Waals surface area contributed by atoms with Crippen molar-refractivity contribution in [2.45, 2.75) is 328 Å². The van der Waals surface area contributed by atoms with Crippen LogP contribution in [0.5, 0.6) is 0 Å². The average molecular weight is 1100 g/mol. The summed E-state index contributed by atoms with van der Waals surface area (Å²) in [5.41, 5.74) is 0. The summed E-state index contributed by atoms with van der Waals surface area (Å²) in [5.74, 6) is -1.46. The zero-order valence-electron chi connectivity index (χ0n) is 49.5. The van der Waals surface area contributed by atoms with E-state index in [9.17, 15) is 28.9 Å². The van der Waals surface area contributed by atoms with Gasteiger partial charge in [-0.2, -0.15) is 0 Å². The predicted molar refractivity (Wildman–Crippen MR) is 316 cm³/mol. The Hall–Kier alpha value is -2.30. The van der Waals surface area contributed by atoms with Gasteiger partial charge in [-0.25, -0.2) is 4.57 Å². The first-order chi connectivity index (χ1) is 37.2. The van der Waals surface area contributed by atoms with Crippen molar-refractivity contribution < 1.29 is 52.2 Å². The third kappa shape index (κ3) is 56.4. The number of allylic oxidation sites excluding steroid dienone is 6. The van der Waals surface area contributed by atoms with Gasteiger partial charge in [-0.05, 0) is 96.3 Å². The molecule has 2 N–H and O–H groups in total. The lowest BCUT2D eigenvalue weighted by Gasteiger charge is -2.21. The van der Waals surface area contributed by atoms with Crippen LogP contribution in [0.4, 0.5) is 0 Å². The summed E-state index contributed by atoms with van der Waals surface area (Å²) in [6.07, 6.45) is 62.3. The van der Waals surface area contributed by atoms with Crippen LogP contribution in [0.15, 0.2) is 36.5 Å². The molecular weight excluding hydrogens is 976 g/mol. The first-order valence-corrected chi connectivity index (χ1v) is 33.4. The Bertz CT molecular complexity index is 1420. The van der Waals surface area contributed by atoms with Crippen molar-refractivity contribution >= 4 is 25.7 Å². The van der Waals surface area contributed by atoms with Crippen LogP contribution in [0.1, 0.15) is 316 Å². The van der Waals surface area contributed by atoms with Crippen molar-refractivity contribution in [3.05, 3.63) is 36.5 Å². The fraction of sp³-hybridized carbons (Fsp3) is 0.859. The molecule has 0 rings (SSSR count). The zero-order valence-corrected chi connectivity index (χ0v) is 50.4. The molecule has 0 spiro atoms. The summed E-state index contributed by atoms with van der Waals surface area (Å²) in [7, 11) is -4.75. The predicted octanol–water partition coefficient (Wildman–Crippen LogP) is 19.2. The Labute approximate surface area is 467 Å². The van der Waals surface area contributed by atoms with Crippen LogP contribution < -0.4 is 0 Å². The standard InChI is InChI=1S/C64H119O11P/c1-4-7-10-13-16-19-22-25-28-30-33-36-39-42-45-48-51-54-63(67)74-60(56-65)58-72-76(69,70)73-59-61(57-71-62(66)53-50-47-44-41-38-35-32-27-24-21-18-15-12-9-6-3)75-64(68)55-52-49-46-43-40-37-34-31-29-26-23-20-17-14-11-8-5-2/h25-29,32,60-61,65H,4-24,30-31,33-59H2,1-3H3,(H,69,70)/b28-25-,29-26-,32-27-.